The fourth-order valence-corrected chi connectivity index (χ4v) is 1.60. The Morgan fingerprint density at radius 2 is 2.22 bits per heavy atom. The summed E-state index contributed by atoms with van der Waals surface area (Å²) in [5.41, 5.74) is -0.288. The molecule has 0 saturated carbocycles. The van der Waals surface area contributed by atoms with Gasteiger partial charge in [-0.15, -0.1) is 0 Å². The van der Waals surface area contributed by atoms with Crippen molar-refractivity contribution in [2.24, 2.45) is 0 Å². The van der Waals surface area contributed by atoms with Crippen molar-refractivity contribution in [3.63, 3.8) is 0 Å². The van der Waals surface area contributed by atoms with Crippen LogP contribution in [0.15, 0.2) is 24.5 Å². The SMILES string of the molecule is CC(O)CN(C(=O)c1cccnc1)C(C)(C)CO. The summed E-state index contributed by atoms with van der Waals surface area (Å²) in [6.45, 7) is 5.11. The van der Waals surface area contributed by atoms with Crippen LogP contribution in [0, 0.1) is 0 Å². The van der Waals surface area contributed by atoms with E-state index < -0.39 is 11.6 Å². The minimum absolute atomic E-state index is 0.168. The summed E-state index contributed by atoms with van der Waals surface area (Å²) in [6.07, 6.45) is 2.41. The monoisotopic (exact) mass is 252 g/mol. The third-order valence-corrected chi connectivity index (χ3v) is 2.72. The maximum absolute atomic E-state index is 12.3. The van der Waals surface area contributed by atoms with Crippen molar-refractivity contribution in [3.05, 3.63) is 30.1 Å². The fraction of sp³-hybridized carbons (Fsp3) is 0.538. The smallest absolute Gasteiger partial charge is 0.256 e. The second kappa shape index (κ2) is 5.93. The van der Waals surface area contributed by atoms with Crippen LogP contribution in [0.1, 0.15) is 31.1 Å². The Kier molecular flexibility index (Phi) is 4.81. The van der Waals surface area contributed by atoms with Crippen LogP contribution >= 0.6 is 0 Å². The van der Waals surface area contributed by atoms with Crippen LogP contribution in [-0.2, 0) is 0 Å². The lowest BCUT2D eigenvalue weighted by atomic mass is 10.0. The van der Waals surface area contributed by atoms with Gasteiger partial charge in [-0.25, -0.2) is 0 Å². The minimum Gasteiger partial charge on any atom is -0.394 e. The van der Waals surface area contributed by atoms with E-state index in [1.54, 1.807) is 39.1 Å². The molecule has 1 amide bonds. The second-order valence-corrected chi connectivity index (χ2v) is 4.98. The number of rotatable bonds is 5. The van der Waals surface area contributed by atoms with Gasteiger partial charge in [0.2, 0.25) is 0 Å². The number of aromatic nitrogens is 1. The van der Waals surface area contributed by atoms with Crippen LogP contribution in [0.25, 0.3) is 0 Å². The van der Waals surface area contributed by atoms with Crippen molar-refractivity contribution in [1.29, 1.82) is 0 Å². The van der Waals surface area contributed by atoms with Crippen molar-refractivity contribution in [3.8, 4) is 0 Å². The molecular weight excluding hydrogens is 232 g/mol. The van der Waals surface area contributed by atoms with Crippen LogP contribution in [0.5, 0.6) is 0 Å². The number of carbonyl (C=O) groups excluding carboxylic acids is 1. The Bertz CT molecular complexity index is 390. The third kappa shape index (κ3) is 3.51. The number of amides is 1. The molecule has 5 nitrogen and oxygen atoms in total. The second-order valence-electron chi connectivity index (χ2n) is 4.98. The molecule has 0 spiro atoms. The standard InChI is InChI=1S/C13H20N2O3/c1-10(17)8-15(13(2,3)9-16)12(18)11-5-4-6-14-7-11/h4-7,10,16-17H,8-9H2,1-3H3. The highest BCUT2D eigenvalue weighted by atomic mass is 16.3. The van der Waals surface area contributed by atoms with E-state index in [9.17, 15) is 15.0 Å². The highest BCUT2D eigenvalue weighted by Gasteiger charge is 2.31. The Hall–Kier alpha value is -1.46. The van der Waals surface area contributed by atoms with Crippen molar-refractivity contribution in [2.45, 2.75) is 32.4 Å². The molecule has 1 atom stereocenters. The Morgan fingerprint density at radius 3 is 2.67 bits per heavy atom. The first-order valence-electron chi connectivity index (χ1n) is 5.89. The molecule has 1 rings (SSSR count). The van der Waals surface area contributed by atoms with E-state index in [0.29, 0.717) is 5.56 Å². The van der Waals surface area contributed by atoms with Crippen LogP contribution < -0.4 is 0 Å². The van der Waals surface area contributed by atoms with Gasteiger partial charge in [0.05, 0.1) is 23.8 Å². The summed E-state index contributed by atoms with van der Waals surface area (Å²) in [4.78, 5) is 17.7. The first-order chi connectivity index (χ1) is 8.38. The molecule has 0 aromatic carbocycles. The number of aliphatic hydroxyl groups excluding tert-OH is 2. The molecule has 0 radical (unpaired) electrons. The van der Waals surface area contributed by atoms with Gasteiger partial charge >= 0.3 is 0 Å². The van der Waals surface area contributed by atoms with Gasteiger partial charge in [-0.2, -0.15) is 0 Å². The maximum Gasteiger partial charge on any atom is 0.256 e. The Balaban J connectivity index is 3.00. The normalized spacial score (nSPS) is 13.2. The number of pyridine rings is 1. The molecule has 1 heterocycles. The number of carbonyl (C=O) groups is 1. The topological polar surface area (TPSA) is 73.7 Å². The summed E-state index contributed by atoms with van der Waals surface area (Å²) >= 11 is 0. The molecule has 0 aliphatic heterocycles. The van der Waals surface area contributed by atoms with E-state index in [1.807, 2.05) is 0 Å². The number of hydrogen-bond acceptors (Lipinski definition) is 4. The number of hydrogen-bond donors (Lipinski definition) is 2. The highest BCUT2D eigenvalue weighted by molar-refractivity contribution is 5.94. The average molecular weight is 252 g/mol. The average Bonchev–Trinajstić information content (AvgIpc) is 2.36. The molecule has 5 heteroatoms. The molecule has 0 aliphatic carbocycles. The summed E-state index contributed by atoms with van der Waals surface area (Å²) < 4.78 is 0. The predicted octanol–water partition coefficient (Wildman–Crippen LogP) is 0.675. The highest BCUT2D eigenvalue weighted by Crippen LogP contribution is 2.17. The Morgan fingerprint density at radius 1 is 1.56 bits per heavy atom. The molecule has 1 aromatic rings. The van der Waals surface area contributed by atoms with E-state index in [2.05, 4.69) is 4.98 Å². The van der Waals surface area contributed by atoms with Gasteiger partial charge in [-0.3, -0.25) is 9.78 Å². The fourth-order valence-electron chi connectivity index (χ4n) is 1.60. The molecule has 18 heavy (non-hydrogen) atoms. The third-order valence-electron chi connectivity index (χ3n) is 2.72. The zero-order chi connectivity index (χ0) is 13.8. The van der Waals surface area contributed by atoms with Crippen molar-refractivity contribution >= 4 is 5.91 Å². The lowest BCUT2D eigenvalue weighted by molar-refractivity contribution is 0.0193. The van der Waals surface area contributed by atoms with Gasteiger partial charge in [-0.05, 0) is 32.9 Å². The van der Waals surface area contributed by atoms with Gasteiger partial charge in [-0.1, -0.05) is 0 Å². The van der Waals surface area contributed by atoms with Crippen molar-refractivity contribution in [2.75, 3.05) is 13.2 Å². The van der Waals surface area contributed by atoms with Crippen LogP contribution in [0.4, 0.5) is 0 Å². The predicted molar refractivity (Wildman–Crippen MR) is 68.1 cm³/mol. The lowest BCUT2D eigenvalue weighted by Crippen LogP contribution is -2.52. The minimum atomic E-state index is -0.732. The molecule has 1 unspecified atom stereocenters. The molecular formula is C13H20N2O3. The van der Waals surface area contributed by atoms with E-state index in [1.165, 1.54) is 11.1 Å². The van der Waals surface area contributed by atoms with Gasteiger partial charge in [0.25, 0.3) is 5.91 Å². The molecule has 2 N–H and O–H groups in total. The number of β-amino-alcohol motifs (C(OH)–C–C–N with tert-alkyl or cyclic N) is 1. The van der Waals surface area contributed by atoms with E-state index in [0.717, 1.165) is 0 Å². The summed E-state index contributed by atoms with van der Waals surface area (Å²) in [5, 5.41) is 18.9. The lowest BCUT2D eigenvalue weighted by Gasteiger charge is -2.38. The van der Waals surface area contributed by atoms with Gasteiger partial charge < -0.3 is 15.1 Å². The van der Waals surface area contributed by atoms with E-state index >= 15 is 0 Å². The maximum atomic E-state index is 12.3. The molecule has 100 valence electrons. The first-order valence-corrected chi connectivity index (χ1v) is 5.89. The van der Waals surface area contributed by atoms with Gasteiger partial charge in [0.15, 0.2) is 0 Å². The first kappa shape index (κ1) is 14.6. The zero-order valence-corrected chi connectivity index (χ0v) is 11.0. The molecule has 0 bridgehead atoms. The van der Waals surface area contributed by atoms with Crippen molar-refractivity contribution in [1.82, 2.24) is 9.88 Å². The van der Waals surface area contributed by atoms with Crippen molar-refractivity contribution < 1.29 is 15.0 Å². The summed E-state index contributed by atoms with van der Waals surface area (Å²) in [5.74, 6) is -0.247. The number of aliphatic hydroxyl groups is 2. The van der Waals surface area contributed by atoms with Crippen LogP contribution in [0.3, 0.4) is 0 Å². The molecule has 0 saturated heterocycles. The Labute approximate surface area is 107 Å². The summed E-state index contributed by atoms with van der Waals surface area (Å²) in [6, 6.07) is 3.34. The largest absolute Gasteiger partial charge is 0.394 e. The summed E-state index contributed by atoms with van der Waals surface area (Å²) in [7, 11) is 0. The molecule has 1 aromatic heterocycles. The quantitative estimate of drug-likeness (QED) is 0.808. The molecule has 0 fully saturated rings. The van der Waals surface area contributed by atoms with E-state index in [4.69, 9.17) is 0 Å². The van der Waals surface area contributed by atoms with Crippen LogP contribution in [-0.4, -0.2) is 50.8 Å². The van der Waals surface area contributed by atoms with Gasteiger partial charge in [0.1, 0.15) is 0 Å². The number of nitrogens with zero attached hydrogens (tertiary/aromatic N) is 2. The zero-order valence-electron chi connectivity index (χ0n) is 11.0. The molecule has 0 aliphatic rings. The van der Waals surface area contributed by atoms with Crippen LogP contribution in [0.2, 0.25) is 0 Å². The van der Waals surface area contributed by atoms with Gasteiger partial charge in [0, 0.05) is 18.9 Å². The van der Waals surface area contributed by atoms with E-state index in [-0.39, 0.29) is 19.1 Å².